The van der Waals surface area contributed by atoms with Crippen LogP contribution in [0, 0.1) is 34.0 Å². The summed E-state index contributed by atoms with van der Waals surface area (Å²) in [6.45, 7) is 3.50. The third-order valence-electron chi connectivity index (χ3n) is 3.71. The van der Waals surface area contributed by atoms with Gasteiger partial charge in [-0.2, -0.15) is 15.8 Å². The van der Waals surface area contributed by atoms with Gasteiger partial charge in [0.2, 0.25) is 0 Å². The van der Waals surface area contributed by atoms with Crippen LogP contribution in [0.25, 0.3) is 6.08 Å². The first-order chi connectivity index (χ1) is 11.9. The number of nitriles is 3. The van der Waals surface area contributed by atoms with Crippen LogP contribution in [0.4, 0.5) is 0 Å². The number of phenolic OH excluding ortho intramolecular Hbond substituents is 1. The van der Waals surface area contributed by atoms with E-state index >= 15 is 0 Å². The Kier molecular flexibility index (Phi) is 4.82. The minimum absolute atomic E-state index is 0.000404. The van der Waals surface area contributed by atoms with E-state index in [1.165, 1.54) is 13.2 Å². The Morgan fingerprint density at radius 2 is 1.88 bits per heavy atom. The number of allylic oxidation sites excluding steroid dienone is 2. The van der Waals surface area contributed by atoms with Gasteiger partial charge in [-0.15, -0.1) is 0 Å². The number of hydrogen-bond donors (Lipinski definition) is 1. The van der Waals surface area contributed by atoms with Gasteiger partial charge in [0, 0.05) is 5.57 Å². The molecule has 0 amide bonds. The highest BCUT2D eigenvalue weighted by molar-refractivity contribution is 5.65. The van der Waals surface area contributed by atoms with E-state index in [1.807, 2.05) is 6.07 Å². The van der Waals surface area contributed by atoms with Crippen molar-refractivity contribution in [2.24, 2.45) is 0 Å². The van der Waals surface area contributed by atoms with Crippen LogP contribution in [0.5, 0.6) is 11.5 Å². The first-order valence-corrected chi connectivity index (χ1v) is 7.31. The van der Waals surface area contributed by atoms with Crippen molar-refractivity contribution in [2.75, 3.05) is 7.11 Å². The summed E-state index contributed by atoms with van der Waals surface area (Å²) in [6.07, 6.45) is 3.44. The highest BCUT2D eigenvalue weighted by Gasteiger charge is 2.38. The summed E-state index contributed by atoms with van der Waals surface area (Å²) < 4.78 is 10.7. The van der Waals surface area contributed by atoms with Crippen LogP contribution in [0.3, 0.4) is 0 Å². The van der Waals surface area contributed by atoms with Crippen LogP contribution in [0.2, 0.25) is 0 Å². The van der Waals surface area contributed by atoms with Crippen molar-refractivity contribution < 1.29 is 14.6 Å². The largest absolute Gasteiger partial charge is 0.504 e. The molecule has 1 aliphatic heterocycles. The number of aromatic hydroxyl groups is 1. The van der Waals surface area contributed by atoms with Gasteiger partial charge < -0.3 is 14.6 Å². The maximum Gasteiger partial charge on any atom is 0.172 e. The Bertz CT molecular complexity index is 916. The third kappa shape index (κ3) is 3.32. The first-order valence-electron chi connectivity index (χ1n) is 7.31. The first kappa shape index (κ1) is 17.7. The van der Waals surface area contributed by atoms with E-state index in [0.717, 1.165) is 5.56 Å². The molecule has 2 rings (SSSR count). The molecule has 0 saturated heterocycles. The molecule has 6 nitrogen and oxygen atoms in total. The van der Waals surface area contributed by atoms with E-state index in [1.54, 1.807) is 50.3 Å². The Morgan fingerprint density at radius 3 is 2.44 bits per heavy atom. The van der Waals surface area contributed by atoms with Crippen LogP contribution in [-0.4, -0.2) is 17.8 Å². The second kappa shape index (κ2) is 6.83. The Balaban J connectivity index is 2.54. The zero-order valence-corrected chi connectivity index (χ0v) is 14.0. The maximum absolute atomic E-state index is 9.64. The lowest BCUT2D eigenvalue weighted by Crippen LogP contribution is -2.20. The topological polar surface area (TPSA) is 110 Å². The molecule has 0 aromatic heterocycles. The smallest absolute Gasteiger partial charge is 0.172 e. The maximum atomic E-state index is 9.64. The SMILES string of the molecule is COc1cc(/C=C/C2=C(C#N)C(=C(C#N)C#N)OC2(C)C)ccc1O. The zero-order chi connectivity index (χ0) is 18.6. The lowest BCUT2D eigenvalue weighted by Gasteiger charge is -2.20. The van der Waals surface area contributed by atoms with Crippen molar-refractivity contribution in [1.82, 2.24) is 0 Å². The van der Waals surface area contributed by atoms with Gasteiger partial charge in [0.15, 0.2) is 22.8 Å². The number of rotatable bonds is 3. The van der Waals surface area contributed by atoms with Crippen LogP contribution < -0.4 is 4.74 Å². The molecule has 1 heterocycles. The Labute approximate surface area is 145 Å². The molecule has 124 valence electrons. The highest BCUT2D eigenvalue weighted by Crippen LogP contribution is 2.40. The molecule has 0 fully saturated rings. The zero-order valence-electron chi connectivity index (χ0n) is 14.0. The van der Waals surface area contributed by atoms with Crippen LogP contribution in [0.15, 0.2) is 46.8 Å². The molecule has 1 N–H and O–H groups in total. The van der Waals surface area contributed by atoms with Gasteiger partial charge in [-0.3, -0.25) is 0 Å². The van der Waals surface area contributed by atoms with Crippen molar-refractivity contribution >= 4 is 6.08 Å². The fraction of sp³-hybridized carbons (Fsp3) is 0.211. The average Bonchev–Trinajstić information content (AvgIpc) is 2.85. The van der Waals surface area contributed by atoms with Crippen LogP contribution in [-0.2, 0) is 4.74 Å². The van der Waals surface area contributed by atoms with Crippen LogP contribution in [0.1, 0.15) is 19.4 Å². The molecule has 0 atom stereocenters. The van der Waals surface area contributed by atoms with Crippen molar-refractivity contribution in [2.45, 2.75) is 19.4 Å². The van der Waals surface area contributed by atoms with Crippen LogP contribution >= 0.6 is 0 Å². The molecule has 1 aliphatic rings. The third-order valence-corrected chi connectivity index (χ3v) is 3.71. The summed E-state index contributed by atoms with van der Waals surface area (Å²) in [6, 6.07) is 10.4. The van der Waals surface area contributed by atoms with Crippen molar-refractivity contribution in [1.29, 1.82) is 15.8 Å². The number of phenols is 1. The van der Waals surface area contributed by atoms with Crippen molar-refractivity contribution in [3.05, 3.63) is 52.3 Å². The standard InChI is InChI=1S/C19H15N3O3/c1-19(2)15(14(11-22)18(25-19)13(9-20)10-21)6-4-12-5-7-16(23)17(8-12)24-3/h4-8,23H,1-3H3/b6-4+. The van der Waals surface area contributed by atoms with Gasteiger partial charge in [0.05, 0.1) is 7.11 Å². The predicted molar refractivity (Wildman–Crippen MR) is 89.7 cm³/mol. The Hall–Kier alpha value is -3.69. The number of ether oxygens (including phenoxy) is 2. The fourth-order valence-corrected chi connectivity index (χ4v) is 2.46. The molecular weight excluding hydrogens is 318 g/mol. The Morgan fingerprint density at radius 1 is 1.20 bits per heavy atom. The molecule has 25 heavy (non-hydrogen) atoms. The minimum Gasteiger partial charge on any atom is -0.504 e. The quantitative estimate of drug-likeness (QED) is 0.849. The molecule has 0 saturated carbocycles. The molecule has 0 unspecified atom stereocenters. The summed E-state index contributed by atoms with van der Waals surface area (Å²) >= 11 is 0. The molecule has 0 radical (unpaired) electrons. The highest BCUT2D eigenvalue weighted by atomic mass is 16.5. The predicted octanol–water partition coefficient (Wildman–Crippen LogP) is 3.34. The van der Waals surface area contributed by atoms with Gasteiger partial charge in [-0.25, -0.2) is 0 Å². The summed E-state index contributed by atoms with van der Waals surface area (Å²) in [5, 5.41) is 37.2. The average molecular weight is 333 g/mol. The van der Waals surface area contributed by atoms with Crippen molar-refractivity contribution in [3.8, 4) is 29.7 Å². The monoisotopic (exact) mass is 333 g/mol. The van der Waals surface area contributed by atoms with Gasteiger partial charge in [0.1, 0.15) is 29.4 Å². The summed E-state index contributed by atoms with van der Waals surface area (Å²) in [5.41, 5.74) is 0.356. The van der Waals surface area contributed by atoms with E-state index < -0.39 is 5.60 Å². The van der Waals surface area contributed by atoms with E-state index in [2.05, 4.69) is 0 Å². The van der Waals surface area contributed by atoms with Gasteiger partial charge in [0.25, 0.3) is 0 Å². The molecule has 0 aliphatic carbocycles. The summed E-state index contributed by atoms with van der Waals surface area (Å²) in [5.74, 6) is 0.356. The second-order valence-corrected chi connectivity index (χ2v) is 5.71. The van der Waals surface area contributed by atoms with Gasteiger partial charge in [-0.1, -0.05) is 18.2 Å². The van der Waals surface area contributed by atoms with Gasteiger partial charge in [-0.05, 0) is 31.5 Å². The normalized spacial score (nSPS) is 15.3. The van der Waals surface area contributed by atoms with E-state index in [4.69, 9.17) is 20.0 Å². The van der Waals surface area contributed by atoms with E-state index in [0.29, 0.717) is 11.3 Å². The summed E-state index contributed by atoms with van der Waals surface area (Å²) in [7, 11) is 1.45. The number of benzene rings is 1. The van der Waals surface area contributed by atoms with Gasteiger partial charge >= 0.3 is 0 Å². The van der Waals surface area contributed by atoms with Crippen molar-refractivity contribution in [3.63, 3.8) is 0 Å². The fourth-order valence-electron chi connectivity index (χ4n) is 2.46. The number of nitrogens with zero attached hydrogens (tertiary/aromatic N) is 3. The molecule has 1 aromatic rings. The van der Waals surface area contributed by atoms with E-state index in [9.17, 15) is 10.4 Å². The lowest BCUT2D eigenvalue weighted by molar-refractivity contribution is 0.0954. The lowest BCUT2D eigenvalue weighted by atomic mass is 9.94. The number of hydrogen-bond acceptors (Lipinski definition) is 6. The molecule has 0 spiro atoms. The minimum atomic E-state index is -0.864. The molecular formula is C19H15N3O3. The summed E-state index contributed by atoms with van der Waals surface area (Å²) in [4.78, 5) is 0. The molecule has 6 heteroatoms. The molecule has 0 bridgehead atoms. The number of methoxy groups -OCH3 is 1. The second-order valence-electron chi connectivity index (χ2n) is 5.71. The molecule has 1 aromatic carbocycles. The van der Waals surface area contributed by atoms with E-state index in [-0.39, 0.29) is 22.7 Å².